The van der Waals surface area contributed by atoms with Crippen LogP contribution in [0.15, 0.2) is 18.5 Å². The fourth-order valence-corrected chi connectivity index (χ4v) is 1.51. The van der Waals surface area contributed by atoms with Gasteiger partial charge in [-0.1, -0.05) is 0 Å². The molecule has 54 valence electrons. The maximum Gasteiger partial charge on any atom is 0.0599 e. The van der Waals surface area contributed by atoms with Crippen LogP contribution >= 0.6 is 0 Å². The third-order valence-electron chi connectivity index (χ3n) is 2.49. The van der Waals surface area contributed by atoms with Gasteiger partial charge < -0.3 is 0 Å². The van der Waals surface area contributed by atoms with Gasteiger partial charge in [0.05, 0.1) is 5.54 Å². The lowest BCUT2D eigenvalue weighted by Crippen LogP contribution is -2.37. The summed E-state index contributed by atoms with van der Waals surface area (Å²) in [5.74, 6) is 0. The molecule has 0 N–H and O–H groups in total. The van der Waals surface area contributed by atoms with E-state index < -0.39 is 0 Å². The summed E-state index contributed by atoms with van der Waals surface area (Å²) >= 11 is 0. The summed E-state index contributed by atoms with van der Waals surface area (Å²) in [5.41, 5.74) is 0.351. The summed E-state index contributed by atoms with van der Waals surface area (Å²) in [5, 5.41) is 4.23. The van der Waals surface area contributed by atoms with Crippen molar-refractivity contribution in [2.75, 3.05) is 0 Å². The Morgan fingerprint density at radius 2 is 2.30 bits per heavy atom. The molecule has 0 saturated heterocycles. The fourth-order valence-electron chi connectivity index (χ4n) is 1.51. The summed E-state index contributed by atoms with van der Waals surface area (Å²) < 4.78 is 2.08. The highest BCUT2D eigenvalue weighted by Gasteiger charge is 2.33. The smallest absolute Gasteiger partial charge is 0.0599 e. The molecule has 2 heteroatoms. The van der Waals surface area contributed by atoms with Crippen LogP contribution < -0.4 is 0 Å². The van der Waals surface area contributed by atoms with Gasteiger partial charge in [-0.15, -0.1) is 0 Å². The minimum Gasteiger partial charge on any atom is -0.267 e. The van der Waals surface area contributed by atoms with Crippen molar-refractivity contribution >= 4 is 0 Å². The molecule has 0 aliphatic heterocycles. The fraction of sp³-hybridized carbons (Fsp3) is 0.625. The lowest BCUT2D eigenvalue weighted by Gasteiger charge is -2.38. The van der Waals surface area contributed by atoms with Gasteiger partial charge in [0.2, 0.25) is 0 Å². The van der Waals surface area contributed by atoms with Crippen molar-refractivity contribution in [3.63, 3.8) is 0 Å². The van der Waals surface area contributed by atoms with E-state index in [9.17, 15) is 0 Å². The topological polar surface area (TPSA) is 17.8 Å². The van der Waals surface area contributed by atoms with Crippen molar-refractivity contribution in [2.24, 2.45) is 0 Å². The Balaban J connectivity index is 2.27. The van der Waals surface area contributed by atoms with Gasteiger partial charge in [0.1, 0.15) is 0 Å². The third-order valence-corrected chi connectivity index (χ3v) is 2.49. The number of hydrogen-bond donors (Lipinski definition) is 0. The maximum absolute atomic E-state index is 4.23. The zero-order valence-corrected chi connectivity index (χ0v) is 6.25. The van der Waals surface area contributed by atoms with Crippen molar-refractivity contribution in [2.45, 2.75) is 31.7 Å². The molecule has 2 rings (SSSR count). The Hall–Kier alpha value is -0.790. The number of aromatic nitrogens is 2. The molecule has 0 radical (unpaired) electrons. The van der Waals surface area contributed by atoms with Crippen LogP contribution in [-0.4, -0.2) is 9.78 Å². The van der Waals surface area contributed by atoms with Crippen molar-refractivity contribution in [3.8, 4) is 0 Å². The van der Waals surface area contributed by atoms with Crippen LogP contribution in [-0.2, 0) is 5.54 Å². The van der Waals surface area contributed by atoms with E-state index in [1.807, 2.05) is 12.3 Å². The van der Waals surface area contributed by atoms with Gasteiger partial charge in [-0.2, -0.15) is 5.10 Å². The standard InChI is InChI=1S/C8H12N2/c1-8(4-2-5-8)10-7-3-6-9-10/h3,6-7H,2,4-5H2,1H3. The quantitative estimate of drug-likeness (QED) is 0.575. The summed E-state index contributed by atoms with van der Waals surface area (Å²) in [6.07, 6.45) is 7.84. The van der Waals surface area contributed by atoms with E-state index >= 15 is 0 Å². The minimum atomic E-state index is 0.351. The van der Waals surface area contributed by atoms with E-state index in [1.54, 1.807) is 0 Å². The molecule has 1 aromatic rings. The second-order valence-corrected chi connectivity index (χ2v) is 3.30. The SMILES string of the molecule is CC1(n2cccn2)CCC1. The molecule has 0 bridgehead atoms. The lowest BCUT2D eigenvalue weighted by atomic mass is 9.79. The molecular formula is C8H12N2. The average molecular weight is 136 g/mol. The van der Waals surface area contributed by atoms with Gasteiger partial charge in [-0.25, -0.2) is 0 Å². The summed E-state index contributed by atoms with van der Waals surface area (Å²) in [6.45, 7) is 2.27. The zero-order valence-electron chi connectivity index (χ0n) is 6.25. The van der Waals surface area contributed by atoms with Crippen molar-refractivity contribution < 1.29 is 0 Å². The third kappa shape index (κ3) is 0.681. The highest BCUT2D eigenvalue weighted by Crippen LogP contribution is 2.37. The molecule has 1 aliphatic rings. The second kappa shape index (κ2) is 1.84. The van der Waals surface area contributed by atoms with Crippen molar-refractivity contribution in [1.29, 1.82) is 0 Å². The van der Waals surface area contributed by atoms with Crippen LogP contribution in [0.25, 0.3) is 0 Å². The molecule has 0 amide bonds. The summed E-state index contributed by atoms with van der Waals surface area (Å²) in [4.78, 5) is 0. The van der Waals surface area contributed by atoms with Gasteiger partial charge in [-0.05, 0) is 32.3 Å². The molecule has 1 fully saturated rings. The molecule has 1 heterocycles. The van der Waals surface area contributed by atoms with E-state index in [2.05, 4.69) is 22.9 Å². The number of hydrogen-bond acceptors (Lipinski definition) is 1. The van der Waals surface area contributed by atoms with Crippen LogP contribution in [0, 0.1) is 0 Å². The van der Waals surface area contributed by atoms with E-state index in [-0.39, 0.29) is 0 Å². The maximum atomic E-state index is 4.23. The Bertz CT molecular complexity index is 209. The van der Waals surface area contributed by atoms with Crippen LogP contribution in [0.3, 0.4) is 0 Å². The predicted molar refractivity (Wildman–Crippen MR) is 39.7 cm³/mol. The van der Waals surface area contributed by atoms with Gasteiger partial charge in [0, 0.05) is 12.4 Å². The summed E-state index contributed by atoms with van der Waals surface area (Å²) in [6, 6.07) is 1.99. The molecular weight excluding hydrogens is 124 g/mol. The normalized spacial score (nSPS) is 22.1. The van der Waals surface area contributed by atoms with Crippen LogP contribution in [0.4, 0.5) is 0 Å². The first-order chi connectivity index (χ1) is 4.81. The second-order valence-electron chi connectivity index (χ2n) is 3.30. The molecule has 0 spiro atoms. The van der Waals surface area contributed by atoms with Gasteiger partial charge in [0.15, 0.2) is 0 Å². The van der Waals surface area contributed by atoms with Gasteiger partial charge in [-0.3, -0.25) is 4.68 Å². The Kier molecular flexibility index (Phi) is 1.10. The lowest BCUT2D eigenvalue weighted by molar-refractivity contribution is 0.149. The van der Waals surface area contributed by atoms with Crippen LogP contribution in [0.2, 0.25) is 0 Å². The molecule has 1 aromatic heterocycles. The Morgan fingerprint density at radius 1 is 1.50 bits per heavy atom. The monoisotopic (exact) mass is 136 g/mol. The molecule has 10 heavy (non-hydrogen) atoms. The molecule has 1 saturated carbocycles. The van der Waals surface area contributed by atoms with Crippen molar-refractivity contribution in [1.82, 2.24) is 9.78 Å². The first-order valence-corrected chi connectivity index (χ1v) is 3.81. The molecule has 0 aromatic carbocycles. The first kappa shape index (κ1) is 5.96. The minimum absolute atomic E-state index is 0.351. The van der Waals surface area contributed by atoms with E-state index in [0.29, 0.717) is 5.54 Å². The Morgan fingerprint density at radius 3 is 2.70 bits per heavy atom. The molecule has 0 unspecified atom stereocenters. The van der Waals surface area contributed by atoms with Crippen LogP contribution in [0.1, 0.15) is 26.2 Å². The number of nitrogens with zero attached hydrogens (tertiary/aromatic N) is 2. The van der Waals surface area contributed by atoms with Gasteiger partial charge in [0.25, 0.3) is 0 Å². The highest BCUT2D eigenvalue weighted by molar-refractivity contribution is 4.93. The van der Waals surface area contributed by atoms with E-state index in [4.69, 9.17) is 0 Å². The molecule has 1 aliphatic carbocycles. The van der Waals surface area contributed by atoms with Crippen molar-refractivity contribution in [3.05, 3.63) is 18.5 Å². The zero-order chi connectivity index (χ0) is 7.03. The predicted octanol–water partition coefficient (Wildman–Crippen LogP) is 1.78. The van der Waals surface area contributed by atoms with E-state index in [1.165, 1.54) is 19.3 Å². The first-order valence-electron chi connectivity index (χ1n) is 3.81. The average Bonchev–Trinajstić information content (AvgIpc) is 2.33. The molecule has 2 nitrogen and oxygen atoms in total. The largest absolute Gasteiger partial charge is 0.267 e. The van der Waals surface area contributed by atoms with E-state index in [0.717, 1.165) is 0 Å². The number of rotatable bonds is 1. The Labute approximate surface area is 60.9 Å². The van der Waals surface area contributed by atoms with Gasteiger partial charge >= 0.3 is 0 Å². The summed E-state index contributed by atoms with van der Waals surface area (Å²) in [7, 11) is 0. The van der Waals surface area contributed by atoms with Crippen LogP contribution in [0.5, 0.6) is 0 Å². The molecule has 0 atom stereocenters. The highest BCUT2D eigenvalue weighted by atomic mass is 15.3.